The maximum atomic E-state index is 12.3. The first-order valence-corrected chi connectivity index (χ1v) is 8.16. The monoisotopic (exact) mass is 366 g/mol. The second kappa shape index (κ2) is 8.82. The van der Waals surface area contributed by atoms with E-state index < -0.39 is 0 Å². The quantitative estimate of drug-likeness (QED) is 0.844. The highest BCUT2D eigenvalue weighted by molar-refractivity contribution is 5.85. The van der Waals surface area contributed by atoms with Crippen LogP contribution in [0.5, 0.6) is 5.75 Å². The lowest BCUT2D eigenvalue weighted by Gasteiger charge is -2.23. The van der Waals surface area contributed by atoms with Gasteiger partial charge in [-0.2, -0.15) is 4.98 Å². The van der Waals surface area contributed by atoms with Crippen LogP contribution in [0.4, 0.5) is 0 Å². The van der Waals surface area contributed by atoms with E-state index in [4.69, 9.17) is 9.26 Å². The molecule has 2 unspecified atom stereocenters. The van der Waals surface area contributed by atoms with Crippen LogP contribution in [-0.2, 0) is 4.79 Å². The van der Waals surface area contributed by atoms with Crippen LogP contribution in [0.2, 0.25) is 0 Å². The molecule has 0 aliphatic carbocycles. The molecular formula is C17H23ClN4O3. The number of halogens is 1. The van der Waals surface area contributed by atoms with E-state index in [0.717, 1.165) is 37.2 Å². The number of ether oxygens (including phenoxy) is 1. The number of benzene rings is 1. The Balaban J connectivity index is 0.00000225. The minimum absolute atomic E-state index is 0. The summed E-state index contributed by atoms with van der Waals surface area (Å²) < 4.78 is 10.5. The van der Waals surface area contributed by atoms with Crippen LogP contribution in [0, 0.1) is 5.92 Å². The summed E-state index contributed by atoms with van der Waals surface area (Å²) in [4.78, 5) is 16.7. The molecule has 136 valence electrons. The molecule has 1 amide bonds. The SMILES string of the molecule is COc1cccc(-c2noc(C(C)NC(=O)C3CCCNC3)n2)c1.Cl. The van der Waals surface area contributed by atoms with Crippen LogP contribution in [-0.4, -0.2) is 36.2 Å². The number of piperidine rings is 1. The van der Waals surface area contributed by atoms with Crippen molar-refractivity contribution >= 4 is 18.3 Å². The third-order valence-corrected chi connectivity index (χ3v) is 4.17. The molecule has 1 aromatic heterocycles. The van der Waals surface area contributed by atoms with Gasteiger partial charge in [0, 0.05) is 12.1 Å². The second-order valence-corrected chi connectivity index (χ2v) is 5.96. The molecule has 1 aromatic carbocycles. The lowest BCUT2D eigenvalue weighted by molar-refractivity contribution is -0.126. The molecule has 2 heterocycles. The third kappa shape index (κ3) is 4.70. The average molecular weight is 367 g/mol. The molecule has 2 aromatic rings. The minimum atomic E-state index is -0.328. The van der Waals surface area contributed by atoms with Gasteiger partial charge in [-0.15, -0.1) is 12.4 Å². The Labute approximate surface area is 152 Å². The molecule has 0 bridgehead atoms. The van der Waals surface area contributed by atoms with E-state index in [9.17, 15) is 4.79 Å². The first-order valence-electron chi connectivity index (χ1n) is 8.16. The van der Waals surface area contributed by atoms with Gasteiger partial charge in [-0.3, -0.25) is 4.79 Å². The number of hydrogen-bond donors (Lipinski definition) is 2. The van der Waals surface area contributed by atoms with Gasteiger partial charge >= 0.3 is 0 Å². The molecule has 1 saturated heterocycles. The molecule has 25 heavy (non-hydrogen) atoms. The van der Waals surface area contributed by atoms with Crippen LogP contribution in [0.3, 0.4) is 0 Å². The topological polar surface area (TPSA) is 89.3 Å². The van der Waals surface area contributed by atoms with Crippen molar-refractivity contribution in [2.45, 2.75) is 25.8 Å². The normalized spacial score (nSPS) is 18.1. The Morgan fingerprint density at radius 1 is 1.48 bits per heavy atom. The van der Waals surface area contributed by atoms with Gasteiger partial charge in [-0.1, -0.05) is 17.3 Å². The number of rotatable bonds is 5. The van der Waals surface area contributed by atoms with Crippen LogP contribution >= 0.6 is 12.4 Å². The smallest absolute Gasteiger partial charge is 0.249 e. The fourth-order valence-corrected chi connectivity index (χ4v) is 2.76. The molecule has 0 spiro atoms. The van der Waals surface area contributed by atoms with Crippen LogP contribution < -0.4 is 15.4 Å². The summed E-state index contributed by atoms with van der Waals surface area (Å²) in [5, 5.41) is 10.2. The zero-order valence-corrected chi connectivity index (χ0v) is 15.1. The molecule has 2 N–H and O–H groups in total. The number of carbonyl (C=O) groups is 1. The summed E-state index contributed by atoms with van der Waals surface area (Å²) in [5.74, 6) is 1.62. The summed E-state index contributed by atoms with van der Waals surface area (Å²) in [6.07, 6.45) is 1.93. The number of nitrogens with zero attached hydrogens (tertiary/aromatic N) is 2. The Morgan fingerprint density at radius 2 is 2.32 bits per heavy atom. The van der Waals surface area contributed by atoms with Gasteiger partial charge in [0.2, 0.25) is 17.6 Å². The van der Waals surface area contributed by atoms with Crippen molar-refractivity contribution in [3.63, 3.8) is 0 Å². The van der Waals surface area contributed by atoms with Gasteiger partial charge in [0.1, 0.15) is 11.8 Å². The van der Waals surface area contributed by atoms with Gasteiger partial charge in [-0.05, 0) is 38.4 Å². The van der Waals surface area contributed by atoms with E-state index in [2.05, 4.69) is 20.8 Å². The molecule has 8 heteroatoms. The van der Waals surface area contributed by atoms with E-state index in [-0.39, 0.29) is 30.3 Å². The Morgan fingerprint density at radius 3 is 3.04 bits per heavy atom. The van der Waals surface area contributed by atoms with Crippen molar-refractivity contribution in [1.82, 2.24) is 20.8 Å². The summed E-state index contributed by atoms with van der Waals surface area (Å²) >= 11 is 0. The summed E-state index contributed by atoms with van der Waals surface area (Å²) in [7, 11) is 1.61. The molecule has 0 saturated carbocycles. The number of methoxy groups -OCH3 is 1. The Hall–Kier alpha value is -2.12. The maximum Gasteiger partial charge on any atom is 0.249 e. The highest BCUT2D eigenvalue weighted by Gasteiger charge is 2.24. The highest BCUT2D eigenvalue weighted by Crippen LogP contribution is 2.23. The van der Waals surface area contributed by atoms with Gasteiger partial charge in [0.15, 0.2) is 0 Å². The van der Waals surface area contributed by atoms with Gasteiger partial charge in [0.05, 0.1) is 13.0 Å². The first kappa shape index (κ1) is 19.2. The summed E-state index contributed by atoms with van der Waals surface area (Å²) in [6, 6.07) is 7.11. The van der Waals surface area contributed by atoms with Gasteiger partial charge in [0.25, 0.3) is 0 Å². The zero-order valence-electron chi connectivity index (χ0n) is 14.3. The fraction of sp³-hybridized carbons (Fsp3) is 0.471. The maximum absolute atomic E-state index is 12.3. The molecule has 2 atom stereocenters. The number of hydrogen-bond acceptors (Lipinski definition) is 6. The number of amides is 1. The predicted molar refractivity (Wildman–Crippen MR) is 95.7 cm³/mol. The largest absolute Gasteiger partial charge is 0.497 e. The van der Waals surface area contributed by atoms with Crippen LogP contribution in [0.1, 0.15) is 31.7 Å². The second-order valence-electron chi connectivity index (χ2n) is 5.96. The van der Waals surface area contributed by atoms with E-state index in [1.54, 1.807) is 7.11 Å². The lowest BCUT2D eigenvalue weighted by atomic mass is 9.98. The van der Waals surface area contributed by atoms with E-state index in [1.165, 1.54) is 0 Å². The standard InChI is InChI=1S/C17H22N4O3.ClH/c1-11(19-16(22)13-6-4-8-18-10-13)17-20-15(21-24-17)12-5-3-7-14(9-12)23-2;/h3,5,7,9,11,13,18H,4,6,8,10H2,1-2H3,(H,19,22);1H. The van der Waals surface area contributed by atoms with Crippen molar-refractivity contribution in [2.75, 3.05) is 20.2 Å². The van der Waals surface area contributed by atoms with E-state index >= 15 is 0 Å². The van der Waals surface area contributed by atoms with Crippen LogP contribution in [0.15, 0.2) is 28.8 Å². The molecule has 1 fully saturated rings. The van der Waals surface area contributed by atoms with Crippen molar-refractivity contribution in [3.05, 3.63) is 30.2 Å². The lowest BCUT2D eigenvalue weighted by Crippen LogP contribution is -2.41. The first-order chi connectivity index (χ1) is 11.7. The van der Waals surface area contributed by atoms with Crippen molar-refractivity contribution in [3.8, 4) is 17.1 Å². The fourth-order valence-electron chi connectivity index (χ4n) is 2.76. The average Bonchev–Trinajstić information content (AvgIpc) is 3.13. The van der Waals surface area contributed by atoms with Crippen molar-refractivity contribution in [2.24, 2.45) is 5.92 Å². The molecule has 3 rings (SSSR count). The van der Waals surface area contributed by atoms with E-state index in [1.807, 2.05) is 31.2 Å². The van der Waals surface area contributed by atoms with Crippen molar-refractivity contribution in [1.29, 1.82) is 0 Å². The third-order valence-electron chi connectivity index (χ3n) is 4.17. The number of carbonyl (C=O) groups excluding carboxylic acids is 1. The predicted octanol–water partition coefficient (Wildman–Crippen LogP) is 2.34. The highest BCUT2D eigenvalue weighted by atomic mass is 35.5. The molecular weight excluding hydrogens is 344 g/mol. The minimum Gasteiger partial charge on any atom is -0.497 e. The van der Waals surface area contributed by atoms with Gasteiger partial charge < -0.3 is 19.9 Å². The molecule has 7 nitrogen and oxygen atoms in total. The zero-order chi connectivity index (χ0) is 16.9. The number of aromatic nitrogens is 2. The molecule has 1 aliphatic heterocycles. The van der Waals surface area contributed by atoms with Gasteiger partial charge in [-0.25, -0.2) is 0 Å². The van der Waals surface area contributed by atoms with E-state index in [0.29, 0.717) is 11.7 Å². The van der Waals surface area contributed by atoms with Crippen molar-refractivity contribution < 1.29 is 14.1 Å². The summed E-state index contributed by atoms with van der Waals surface area (Å²) in [5.41, 5.74) is 0.805. The Bertz CT molecular complexity index is 701. The van der Waals surface area contributed by atoms with Crippen LogP contribution in [0.25, 0.3) is 11.4 Å². The summed E-state index contributed by atoms with van der Waals surface area (Å²) in [6.45, 7) is 3.54. The molecule has 1 aliphatic rings. The Kier molecular flexibility index (Phi) is 6.78. The number of nitrogens with one attached hydrogen (secondary N) is 2. The molecule has 0 radical (unpaired) electrons.